The molecule has 0 heterocycles. The first kappa shape index (κ1) is 14.3. The molecule has 0 fully saturated rings. The molecule has 104 valence electrons. The zero-order valence-electron chi connectivity index (χ0n) is 10.6. The quantitative estimate of drug-likeness (QED) is 0.910. The molecule has 0 spiro atoms. The number of nitrogens with one attached hydrogen (secondary N) is 1. The number of hydrogen-bond acceptors (Lipinski definition) is 2. The van der Waals surface area contributed by atoms with Gasteiger partial charge in [-0.1, -0.05) is 23.7 Å². The van der Waals surface area contributed by atoms with Gasteiger partial charge in [-0.25, -0.2) is 4.39 Å². The van der Waals surface area contributed by atoms with Gasteiger partial charge in [-0.15, -0.1) is 0 Å². The highest BCUT2D eigenvalue weighted by atomic mass is 35.5. The average molecular weight is 294 g/mol. The van der Waals surface area contributed by atoms with Crippen molar-refractivity contribution in [3.63, 3.8) is 0 Å². The van der Waals surface area contributed by atoms with Gasteiger partial charge in [0, 0.05) is 12.1 Å². The van der Waals surface area contributed by atoms with Crippen LogP contribution in [-0.2, 0) is 6.42 Å². The van der Waals surface area contributed by atoms with Crippen molar-refractivity contribution in [2.75, 3.05) is 6.54 Å². The number of amides is 1. The van der Waals surface area contributed by atoms with Crippen molar-refractivity contribution >= 4 is 17.5 Å². The third kappa shape index (κ3) is 3.71. The summed E-state index contributed by atoms with van der Waals surface area (Å²) in [6.07, 6.45) is 0.609. The Kier molecular flexibility index (Phi) is 4.58. The van der Waals surface area contributed by atoms with Gasteiger partial charge in [-0.3, -0.25) is 4.79 Å². The molecule has 0 bridgehead atoms. The highest BCUT2D eigenvalue weighted by Gasteiger charge is 2.07. The largest absolute Gasteiger partial charge is 0.506 e. The summed E-state index contributed by atoms with van der Waals surface area (Å²) in [6.45, 7) is 0.433. The van der Waals surface area contributed by atoms with Gasteiger partial charge in [0.1, 0.15) is 11.6 Å². The molecule has 2 N–H and O–H groups in total. The SMILES string of the molecule is O=C(NCCc1ccc(F)cc1)c1ccc(O)c(Cl)c1. The fraction of sp³-hybridized carbons (Fsp3) is 0.133. The van der Waals surface area contributed by atoms with Gasteiger partial charge in [0.25, 0.3) is 5.91 Å². The van der Waals surface area contributed by atoms with Crippen LogP contribution in [0, 0.1) is 5.82 Å². The van der Waals surface area contributed by atoms with E-state index in [0.717, 1.165) is 5.56 Å². The number of carbonyl (C=O) groups excluding carboxylic acids is 1. The van der Waals surface area contributed by atoms with Crippen LogP contribution in [0.5, 0.6) is 5.75 Å². The summed E-state index contributed by atoms with van der Waals surface area (Å²) in [5.74, 6) is -0.611. The Balaban J connectivity index is 1.88. The van der Waals surface area contributed by atoms with E-state index in [1.165, 1.54) is 30.3 Å². The molecule has 2 aromatic carbocycles. The Morgan fingerprint density at radius 3 is 2.55 bits per heavy atom. The van der Waals surface area contributed by atoms with Gasteiger partial charge in [-0.05, 0) is 42.3 Å². The number of phenolic OH excluding ortho intramolecular Hbond substituents is 1. The number of carbonyl (C=O) groups is 1. The fourth-order valence-electron chi connectivity index (χ4n) is 1.72. The lowest BCUT2D eigenvalue weighted by atomic mass is 10.1. The van der Waals surface area contributed by atoms with Gasteiger partial charge in [-0.2, -0.15) is 0 Å². The Labute approximate surface area is 121 Å². The van der Waals surface area contributed by atoms with Gasteiger partial charge in [0.15, 0.2) is 0 Å². The van der Waals surface area contributed by atoms with E-state index < -0.39 is 0 Å². The van der Waals surface area contributed by atoms with Crippen LogP contribution >= 0.6 is 11.6 Å². The molecule has 0 aliphatic carbocycles. The van der Waals surface area contributed by atoms with E-state index in [0.29, 0.717) is 18.5 Å². The minimum Gasteiger partial charge on any atom is -0.506 e. The van der Waals surface area contributed by atoms with Crippen molar-refractivity contribution in [1.82, 2.24) is 5.32 Å². The maximum absolute atomic E-state index is 12.7. The first-order valence-electron chi connectivity index (χ1n) is 6.07. The molecule has 0 aromatic heterocycles. The van der Waals surface area contributed by atoms with Crippen LogP contribution in [0.3, 0.4) is 0 Å². The van der Waals surface area contributed by atoms with E-state index in [4.69, 9.17) is 11.6 Å². The van der Waals surface area contributed by atoms with Crippen molar-refractivity contribution in [2.45, 2.75) is 6.42 Å². The van der Waals surface area contributed by atoms with Gasteiger partial charge >= 0.3 is 0 Å². The molecule has 0 atom stereocenters. The summed E-state index contributed by atoms with van der Waals surface area (Å²) in [5, 5.41) is 12.1. The van der Waals surface area contributed by atoms with Gasteiger partial charge in [0.2, 0.25) is 0 Å². The number of aromatic hydroxyl groups is 1. The molecule has 20 heavy (non-hydrogen) atoms. The van der Waals surface area contributed by atoms with Gasteiger partial charge < -0.3 is 10.4 Å². The minimum absolute atomic E-state index is 0.0606. The first-order chi connectivity index (χ1) is 9.56. The van der Waals surface area contributed by atoms with Crippen LogP contribution in [0.1, 0.15) is 15.9 Å². The lowest BCUT2D eigenvalue weighted by Crippen LogP contribution is -2.25. The number of rotatable bonds is 4. The third-order valence-electron chi connectivity index (χ3n) is 2.82. The average Bonchev–Trinajstić information content (AvgIpc) is 2.44. The number of phenols is 1. The summed E-state index contributed by atoms with van der Waals surface area (Å²) in [5.41, 5.74) is 1.32. The smallest absolute Gasteiger partial charge is 0.251 e. The normalized spacial score (nSPS) is 10.3. The van der Waals surface area contributed by atoms with E-state index >= 15 is 0 Å². The van der Waals surface area contributed by atoms with Crippen LogP contribution in [0.2, 0.25) is 5.02 Å². The Morgan fingerprint density at radius 2 is 1.90 bits per heavy atom. The Morgan fingerprint density at radius 1 is 1.20 bits per heavy atom. The van der Waals surface area contributed by atoms with E-state index in [1.807, 2.05) is 0 Å². The molecule has 3 nitrogen and oxygen atoms in total. The molecule has 0 aliphatic heterocycles. The maximum atomic E-state index is 12.7. The number of halogens is 2. The van der Waals surface area contributed by atoms with Crippen molar-refractivity contribution in [3.8, 4) is 5.75 Å². The van der Waals surface area contributed by atoms with Crippen LogP contribution in [0.4, 0.5) is 4.39 Å². The van der Waals surface area contributed by atoms with Crippen LogP contribution in [0.15, 0.2) is 42.5 Å². The minimum atomic E-state index is -0.281. The molecular weight excluding hydrogens is 281 g/mol. The second kappa shape index (κ2) is 6.39. The molecule has 5 heteroatoms. The summed E-state index contributed by atoms with van der Waals surface area (Å²) in [4.78, 5) is 11.8. The molecule has 1 amide bonds. The summed E-state index contributed by atoms with van der Waals surface area (Å²) in [6, 6.07) is 10.4. The fourth-order valence-corrected chi connectivity index (χ4v) is 1.90. The van der Waals surface area contributed by atoms with Crippen LogP contribution < -0.4 is 5.32 Å². The molecular formula is C15H13ClFNO2. The second-order valence-electron chi connectivity index (χ2n) is 4.30. The van der Waals surface area contributed by atoms with Crippen molar-refractivity contribution in [2.24, 2.45) is 0 Å². The topological polar surface area (TPSA) is 49.3 Å². The van der Waals surface area contributed by atoms with E-state index in [1.54, 1.807) is 12.1 Å². The standard InChI is InChI=1S/C15H13ClFNO2/c16-13-9-11(3-6-14(13)19)15(20)18-8-7-10-1-4-12(17)5-2-10/h1-6,9,19H,7-8H2,(H,18,20). The Hall–Kier alpha value is -2.07. The zero-order chi connectivity index (χ0) is 14.5. The van der Waals surface area contributed by atoms with Crippen molar-refractivity contribution in [1.29, 1.82) is 0 Å². The van der Waals surface area contributed by atoms with Gasteiger partial charge in [0.05, 0.1) is 5.02 Å². The number of hydrogen-bond donors (Lipinski definition) is 2. The lowest BCUT2D eigenvalue weighted by molar-refractivity contribution is 0.0954. The molecule has 0 unspecified atom stereocenters. The van der Waals surface area contributed by atoms with Crippen molar-refractivity contribution in [3.05, 3.63) is 64.4 Å². The zero-order valence-corrected chi connectivity index (χ0v) is 11.3. The second-order valence-corrected chi connectivity index (χ2v) is 4.71. The summed E-state index contributed by atoms with van der Waals surface area (Å²) < 4.78 is 12.7. The summed E-state index contributed by atoms with van der Waals surface area (Å²) in [7, 11) is 0. The van der Waals surface area contributed by atoms with E-state index in [2.05, 4.69) is 5.32 Å². The number of benzene rings is 2. The summed E-state index contributed by atoms with van der Waals surface area (Å²) >= 11 is 5.74. The molecule has 2 rings (SSSR count). The third-order valence-corrected chi connectivity index (χ3v) is 3.13. The molecule has 2 aromatic rings. The Bertz CT molecular complexity index is 614. The first-order valence-corrected chi connectivity index (χ1v) is 6.45. The predicted octanol–water partition coefficient (Wildman–Crippen LogP) is 3.16. The monoisotopic (exact) mass is 293 g/mol. The van der Waals surface area contributed by atoms with E-state index in [9.17, 15) is 14.3 Å². The van der Waals surface area contributed by atoms with E-state index in [-0.39, 0.29) is 22.5 Å². The molecule has 0 aliphatic rings. The predicted molar refractivity (Wildman–Crippen MR) is 75.6 cm³/mol. The lowest BCUT2D eigenvalue weighted by Gasteiger charge is -2.06. The molecule has 0 radical (unpaired) electrons. The maximum Gasteiger partial charge on any atom is 0.251 e. The van der Waals surface area contributed by atoms with Crippen LogP contribution in [0.25, 0.3) is 0 Å². The highest BCUT2D eigenvalue weighted by Crippen LogP contribution is 2.23. The van der Waals surface area contributed by atoms with Crippen molar-refractivity contribution < 1.29 is 14.3 Å². The highest BCUT2D eigenvalue weighted by molar-refractivity contribution is 6.32. The van der Waals surface area contributed by atoms with Crippen LogP contribution in [-0.4, -0.2) is 17.6 Å². The molecule has 0 saturated carbocycles. The molecule has 0 saturated heterocycles.